The number of thiazole rings is 1. The maximum absolute atomic E-state index is 12.1. The Bertz CT molecular complexity index is 569. The van der Waals surface area contributed by atoms with E-state index in [0.29, 0.717) is 5.96 Å². The average molecular weight is 479 g/mol. The van der Waals surface area contributed by atoms with Gasteiger partial charge in [0.15, 0.2) is 5.96 Å². The van der Waals surface area contributed by atoms with Crippen LogP contribution < -0.4 is 10.6 Å². The first-order valence-corrected chi connectivity index (χ1v) is 9.70. The summed E-state index contributed by atoms with van der Waals surface area (Å²) in [5, 5.41) is 7.64. The largest absolute Gasteiger partial charge is 0.357 e. The number of nitrogens with one attached hydrogen (secondary N) is 2. The fraction of sp³-hybridized carbons (Fsp3) is 0.706. The van der Waals surface area contributed by atoms with Crippen molar-refractivity contribution in [2.24, 2.45) is 4.99 Å². The summed E-state index contributed by atoms with van der Waals surface area (Å²) in [7, 11) is 0. The number of amides is 1. The molecule has 0 atom stereocenters. The van der Waals surface area contributed by atoms with Crippen molar-refractivity contribution in [3.05, 3.63) is 15.6 Å². The molecule has 1 aliphatic rings. The smallest absolute Gasteiger partial charge is 0.244 e. The van der Waals surface area contributed by atoms with Crippen LogP contribution in [0.3, 0.4) is 0 Å². The van der Waals surface area contributed by atoms with Crippen LogP contribution in [0, 0.1) is 6.92 Å². The van der Waals surface area contributed by atoms with Gasteiger partial charge < -0.3 is 15.5 Å². The minimum absolute atomic E-state index is 0. The fourth-order valence-electron chi connectivity index (χ4n) is 2.77. The molecule has 6 nitrogen and oxygen atoms in total. The third-order valence-electron chi connectivity index (χ3n) is 4.08. The molecular weight excluding hydrogens is 449 g/mol. The molecule has 142 valence electrons. The fourth-order valence-corrected chi connectivity index (χ4v) is 3.79. The highest BCUT2D eigenvalue weighted by Crippen LogP contribution is 2.17. The Morgan fingerprint density at radius 1 is 1.28 bits per heavy atom. The van der Waals surface area contributed by atoms with Crippen LogP contribution in [-0.2, 0) is 17.6 Å². The lowest BCUT2D eigenvalue weighted by atomic mass is 10.3. The first-order valence-electron chi connectivity index (χ1n) is 8.89. The molecule has 1 aliphatic heterocycles. The van der Waals surface area contributed by atoms with E-state index in [2.05, 4.69) is 34.5 Å². The number of aromatic nitrogens is 1. The highest BCUT2D eigenvalue weighted by atomic mass is 127. The molecule has 1 aromatic heterocycles. The number of carbonyl (C=O) groups is 1. The van der Waals surface area contributed by atoms with Crippen LogP contribution >= 0.6 is 35.3 Å². The van der Waals surface area contributed by atoms with Crippen LogP contribution in [0.5, 0.6) is 0 Å². The van der Waals surface area contributed by atoms with E-state index in [0.717, 1.165) is 56.9 Å². The molecule has 0 bridgehead atoms. The van der Waals surface area contributed by atoms with E-state index in [-0.39, 0.29) is 36.4 Å². The van der Waals surface area contributed by atoms with Gasteiger partial charge in [-0.05, 0) is 33.1 Å². The third kappa shape index (κ3) is 7.08. The second-order valence-corrected chi connectivity index (χ2v) is 7.21. The predicted molar refractivity (Wildman–Crippen MR) is 115 cm³/mol. The van der Waals surface area contributed by atoms with Crippen LogP contribution in [0.25, 0.3) is 0 Å². The Balaban J connectivity index is 0.00000312. The highest BCUT2D eigenvalue weighted by molar-refractivity contribution is 14.0. The quantitative estimate of drug-likeness (QED) is 0.358. The van der Waals surface area contributed by atoms with Crippen molar-refractivity contribution in [3.8, 4) is 0 Å². The number of hydrogen-bond acceptors (Lipinski definition) is 4. The number of carbonyl (C=O) groups excluding carboxylic acids is 1. The van der Waals surface area contributed by atoms with Crippen molar-refractivity contribution in [1.29, 1.82) is 0 Å². The first kappa shape index (κ1) is 22.1. The third-order valence-corrected chi connectivity index (χ3v) is 5.15. The van der Waals surface area contributed by atoms with E-state index in [9.17, 15) is 4.79 Å². The van der Waals surface area contributed by atoms with E-state index in [1.807, 2.05) is 11.8 Å². The Morgan fingerprint density at radius 2 is 2.00 bits per heavy atom. The molecule has 0 spiro atoms. The van der Waals surface area contributed by atoms with Gasteiger partial charge in [0.05, 0.1) is 10.7 Å². The molecular formula is C17H30IN5OS. The molecule has 2 rings (SSSR count). The van der Waals surface area contributed by atoms with Gasteiger partial charge in [0.1, 0.15) is 6.54 Å². The summed E-state index contributed by atoms with van der Waals surface area (Å²) in [6.07, 6.45) is 4.08. The summed E-state index contributed by atoms with van der Waals surface area (Å²) in [5.74, 6) is 0.821. The van der Waals surface area contributed by atoms with Crippen LogP contribution in [0.4, 0.5) is 0 Å². The second-order valence-electron chi connectivity index (χ2n) is 5.92. The van der Waals surface area contributed by atoms with Crippen molar-refractivity contribution in [1.82, 2.24) is 20.5 Å². The molecule has 1 amide bonds. The maximum Gasteiger partial charge on any atom is 0.244 e. The van der Waals surface area contributed by atoms with Crippen molar-refractivity contribution >= 4 is 47.2 Å². The zero-order valence-electron chi connectivity index (χ0n) is 15.4. The van der Waals surface area contributed by atoms with E-state index in [1.165, 1.54) is 10.6 Å². The predicted octanol–water partition coefficient (Wildman–Crippen LogP) is 2.35. The number of guanidine groups is 1. The summed E-state index contributed by atoms with van der Waals surface area (Å²) in [6.45, 7) is 9.80. The normalized spacial score (nSPS) is 14.4. The molecule has 25 heavy (non-hydrogen) atoms. The number of nitrogens with zero attached hydrogens (tertiary/aromatic N) is 3. The standard InChI is InChI=1S/C17H29N5OS.HI/c1-4-14-13(3)24-15(21-14)8-9-19-17(18-5-2)20-12-16(23)22-10-6-7-11-22;/h4-12H2,1-3H3,(H2,18,19,20);1H. The van der Waals surface area contributed by atoms with Gasteiger partial charge in [-0.15, -0.1) is 35.3 Å². The molecule has 0 radical (unpaired) electrons. The Morgan fingerprint density at radius 3 is 2.60 bits per heavy atom. The SMILES string of the molecule is CCNC(=NCC(=O)N1CCCC1)NCCc1nc(CC)c(C)s1.I. The number of hydrogen-bond donors (Lipinski definition) is 2. The Kier molecular flexibility index (Phi) is 10.3. The lowest BCUT2D eigenvalue weighted by Gasteiger charge is -2.15. The average Bonchev–Trinajstić information content (AvgIpc) is 3.22. The van der Waals surface area contributed by atoms with Crippen molar-refractivity contribution in [2.45, 2.75) is 46.5 Å². The maximum atomic E-state index is 12.1. The van der Waals surface area contributed by atoms with Gasteiger partial charge in [0, 0.05) is 37.5 Å². The van der Waals surface area contributed by atoms with Gasteiger partial charge in [0.25, 0.3) is 0 Å². The topological polar surface area (TPSA) is 69.6 Å². The van der Waals surface area contributed by atoms with Gasteiger partial charge in [-0.25, -0.2) is 9.98 Å². The molecule has 1 saturated heterocycles. The lowest BCUT2D eigenvalue weighted by molar-refractivity contribution is -0.128. The zero-order chi connectivity index (χ0) is 17.4. The van der Waals surface area contributed by atoms with Crippen LogP contribution in [-0.4, -0.2) is 54.5 Å². The molecule has 0 aliphatic carbocycles. The van der Waals surface area contributed by atoms with E-state index < -0.39 is 0 Å². The Labute approximate surface area is 171 Å². The first-order chi connectivity index (χ1) is 11.6. The monoisotopic (exact) mass is 479 g/mol. The van der Waals surface area contributed by atoms with Crippen LogP contribution in [0.2, 0.25) is 0 Å². The molecule has 0 unspecified atom stereocenters. The minimum atomic E-state index is 0. The van der Waals surface area contributed by atoms with Gasteiger partial charge in [-0.2, -0.15) is 0 Å². The van der Waals surface area contributed by atoms with Gasteiger partial charge >= 0.3 is 0 Å². The molecule has 1 aromatic rings. The van der Waals surface area contributed by atoms with Crippen LogP contribution in [0.1, 0.15) is 42.3 Å². The summed E-state index contributed by atoms with van der Waals surface area (Å²) >= 11 is 1.77. The molecule has 2 heterocycles. The van der Waals surface area contributed by atoms with Crippen molar-refractivity contribution in [2.75, 3.05) is 32.7 Å². The number of likely N-dealkylation sites (tertiary alicyclic amines) is 1. The Hall–Kier alpha value is -0.900. The number of halogens is 1. The van der Waals surface area contributed by atoms with Gasteiger partial charge in [-0.3, -0.25) is 4.79 Å². The summed E-state index contributed by atoms with van der Waals surface area (Å²) < 4.78 is 0. The van der Waals surface area contributed by atoms with Gasteiger partial charge in [-0.1, -0.05) is 6.92 Å². The number of rotatable bonds is 7. The highest BCUT2D eigenvalue weighted by Gasteiger charge is 2.17. The van der Waals surface area contributed by atoms with E-state index in [1.54, 1.807) is 11.3 Å². The summed E-state index contributed by atoms with van der Waals surface area (Å²) in [5.41, 5.74) is 1.20. The lowest BCUT2D eigenvalue weighted by Crippen LogP contribution is -2.39. The van der Waals surface area contributed by atoms with Gasteiger partial charge in [0.2, 0.25) is 5.91 Å². The summed E-state index contributed by atoms with van der Waals surface area (Å²) in [6, 6.07) is 0. The minimum Gasteiger partial charge on any atom is -0.357 e. The zero-order valence-corrected chi connectivity index (χ0v) is 18.6. The number of aryl methyl sites for hydroxylation is 2. The van der Waals surface area contributed by atoms with E-state index >= 15 is 0 Å². The second kappa shape index (κ2) is 11.7. The van der Waals surface area contributed by atoms with Crippen LogP contribution in [0.15, 0.2) is 4.99 Å². The molecule has 2 N–H and O–H groups in total. The summed E-state index contributed by atoms with van der Waals surface area (Å²) in [4.78, 5) is 24.4. The molecule has 0 saturated carbocycles. The molecule has 1 fully saturated rings. The van der Waals surface area contributed by atoms with E-state index in [4.69, 9.17) is 0 Å². The molecule has 8 heteroatoms. The van der Waals surface area contributed by atoms with Crippen molar-refractivity contribution in [3.63, 3.8) is 0 Å². The number of aliphatic imine (C=N–C) groups is 1. The van der Waals surface area contributed by atoms with Crippen molar-refractivity contribution < 1.29 is 4.79 Å². The molecule has 0 aromatic carbocycles.